The number of nitrogens with zero attached hydrogens (tertiary/aromatic N) is 1. The fraction of sp³-hybridized carbons (Fsp3) is 0.588. The largest absolute Gasteiger partial charge is 0.370 e. The second-order valence-electron chi connectivity index (χ2n) is 5.90. The van der Waals surface area contributed by atoms with Gasteiger partial charge in [-0.2, -0.15) is 0 Å². The number of hydrogen-bond acceptors (Lipinski definition) is 1. The molecule has 1 aliphatic rings. The molecule has 0 saturated heterocycles. The van der Waals surface area contributed by atoms with Crippen molar-refractivity contribution in [3.8, 4) is 0 Å². The molecule has 1 aliphatic carbocycles. The number of unbranched alkanes of at least 4 members (excludes halogenated alkanes) is 1. The van der Waals surface area contributed by atoms with Crippen LogP contribution in [0.3, 0.4) is 0 Å². The van der Waals surface area contributed by atoms with Gasteiger partial charge in [-0.05, 0) is 30.0 Å². The molecular formula is C17H26BrN3. The first kappa shape index (κ1) is 16.3. The zero-order chi connectivity index (χ0) is 14.9. The number of guanidine groups is 1. The highest BCUT2D eigenvalue weighted by Gasteiger charge is 2.13. The normalized spacial score (nSPS) is 16.3. The first-order valence-electron chi connectivity index (χ1n) is 8.02. The first-order chi connectivity index (χ1) is 10.2. The molecule has 2 rings (SSSR count). The van der Waals surface area contributed by atoms with Crippen molar-refractivity contribution in [2.45, 2.75) is 51.5 Å². The zero-order valence-electron chi connectivity index (χ0n) is 12.7. The Bertz CT molecular complexity index is 436. The lowest BCUT2D eigenvalue weighted by molar-refractivity contribution is 0.473. The molecule has 0 aromatic heterocycles. The molecule has 21 heavy (non-hydrogen) atoms. The van der Waals surface area contributed by atoms with Crippen molar-refractivity contribution in [2.24, 2.45) is 16.6 Å². The topological polar surface area (TPSA) is 50.4 Å². The number of nitrogens with one attached hydrogen (secondary N) is 1. The van der Waals surface area contributed by atoms with Crippen LogP contribution in [-0.4, -0.2) is 12.5 Å². The van der Waals surface area contributed by atoms with Gasteiger partial charge in [0.15, 0.2) is 5.96 Å². The van der Waals surface area contributed by atoms with Crippen LogP contribution in [0.4, 0.5) is 0 Å². The molecule has 1 saturated carbocycles. The predicted octanol–water partition coefficient (Wildman–Crippen LogP) is 4.21. The number of hydrogen-bond donors (Lipinski definition) is 2. The van der Waals surface area contributed by atoms with E-state index >= 15 is 0 Å². The lowest BCUT2D eigenvalue weighted by Gasteiger charge is -2.09. The Kier molecular flexibility index (Phi) is 7.07. The summed E-state index contributed by atoms with van der Waals surface area (Å²) in [5, 5.41) is 3.21. The average molecular weight is 352 g/mol. The fourth-order valence-corrected chi connectivity index (χ4v) is 3.16. The van der Waals surface area contributed by atoms with E-state index in [4.69, 9.17) is 5.73 Å². The van der Waals surface area contributed by atoms with Crippen molar-refractivity contribution in [3.05, 3.63) is 34.3 Å². The minimum absolute atomic E-state index is 0.554. The molecule has 0 heterocycles. The first-order valence-corrected chi connectivity index (χ1v) is 8.81. The molecule has 0 atom stereocenters. The van der Waals surface area contributed by atoms with Gasteiger partial charge in [0.2, 0.25) is 0 Å². The maximum Gasteiger partial charge on any atom is 0.188 e. The molecule has 3 nitrogen and oxygen atoms in total. The molecule has 1 aromatic carbocycles. The van der Waals surface area contributed by atoms with Crippen LogP contribution in [0.5, 0.6) is 0 Å². The van der Waals surface area contributed by atoms with Gasteiger partial charge in [-0.1, -0.05) is 66.6 Å². The van der Waals surface area contributed by atoms with Crippen molar-refractivity contribution in [3.63, 3.8) is 0 Å². The molecule has 3 N–H and O–H groups in total. The van der Waals surface area contributed by atoms with E-state index in [-0.39, 0.29) is 0 Å². The van der Waals surface area contributed by atoms with E-state index in [2.05, 4.69) is 38.4 Å². The van der Waals surface area contributed by atoms with Gasteiger partial charge in [0.05, 0.1) is 6.54 Å². The molecule has 4 heteroatoms. The SMILES string of the molecule is NC(=NCc1ccc(Br)cc1)NCCCCC1CCCC1. The van der Waals surface area contributed by atoms with E-state index in [0.717, 1.165) is 16.9 Å². The van der Waals surface area contributed by atoms with E-state index in [1.807, 2.05) is 12.1 Å². The second kappa shape index (κ2) is 9.08. The Morgan fingerprint density at radius 2 is 1.90 bits per heavy atom. The smallest absolute Gasteiger partial charge is 0.188 e. The van der Waals surface area contributed by atoms with Gasteiger partial charge in [-0.3, -0.25) is 0 Å². The van der Waals surface area contributed by atoms with E-state index in [1.54, 1.807) is 0 Å². The van der Waals surface area contributed by atoms with Gasteiger partial charge >= 0.3 is 0 Å². The number of nitrogens with two attached hydrogens (primary N) is 1. The van der Waals surface area contributed by atoms with Crippen LogP contribution in [0.25, 0.3) is 0 Å². The van der Waals surface area contributed by atoms with Crippen molar-refractivity contribution < 1.29 is 0 Å². The van der Waals surface area contributed by atoms with E-state index in [9.17, 15) is 0 Å². The summed E-state index contributed by atoms with van der Waals surface area (Å²) in [5.74, 6) is 1.55. The highest BCUT2D eigenvalue weighted by Crippen LogP contribution is 2.28. The van der Waals surface area contributed by atoms with Crippen molar-refractivity contribution >= 4 is 21.9 Å². The lowest BCUT2D eigenvalue weighted by atomic mass is 10.0. The fourth-order valence-electron chi connectivity index (χ4n) is 2.90. The third kappa shape index (κ3) is 6.51. The molecule has 1 aromatic rings. The van der Waals surface area contributed by atoms with Crippen LogP contribution in [0.2, 0.25) is 0 Å². The Balaban J connectivity index is 1.56. The number of rotatable bonds is 7. The molecule has 1 fully saturated rings. The Labute approximate surface area is 136 Å². The maximum absolute atomic E-state index is 5.89. The van der Waals surface area contributed by atoms with E-state index in [1.165, 1.54) is 50.5 Å². The van der Waals surface area contributed by atoms with Crippen LogP contribution in [-0.2, 0) is 6.54 Å². The second-order valence-corrected chi connectivity index (χ2v) is 6.82. The molecule has 0 aliphatic heterocycles. The molecule has 0 amide bonds. The summed E-state index contributed by atoms with van der Waals surface area (Å²) in [4.78, 5) is 4.37. The minimum Gasteiger partial charge on any atom is -0.370 e. The molecule has 0 bridgehead atoms. The molecule has 116 valence electrons. The van der Waals surface area contributed by atoms with Crippen molar-refractivity contribution in [2.75, 3.05) is 6.54 Å². The van der Waals surface area contributed by atoms with Gasteiger partial charge in [0, 0.05) is 11.0 Å². The van der Waals surface area contributed by atoms with Gasteiger partial charge in [0.25, 0.3) is 0 Å². The van der Waals surface area contributed by atoms with Crippen molar-refractivity contribution in [1.82, 2.24) is 5.32 Å². The van der Waals surface area contributed by atoms with Crippen molar-refractivity contribution in [1.29, 1.82) is 0 Å². The van der Waals surface area contributed by atoms with Crippen LogP contribution in [0.15, 0.2) is 33.7 Å². The Morgan fingerprint density at radius 3 is 2.62 bits per heavy atom. The summed E-state index contributed by atoms with van der Waals surface area (Å²) in [6.45, 7) is 1.57. The maximum atomic E-state index is 5.89. The number of aliphatic imine (C=N–C) groups is 1. The standard InChI is InChI=1S/C17H26BrN3/c18-16-10-8-15(9-11-16)13-21-17(19)20-12-4-3-7-14-5-1-2-6-14/h8-11,14H,1-7,12-13H2,(H3,19,20,21). The lowest BCUT2D eigenvalue weighted by Crippen LogP contribution is -2.32. The summed E-state index contributed by atoms with van der Waals surface area (Å²) >= 11 is 3.43. The molecule has 0 radical (unpaired) electrons. The third-order valence-corrected chi connectivity index (χ3v) is 4.69. The summed E-state index contributed by atoms with van der Waals surface area (Å²) < 4.78 is 1.09. The predicted molar refractivity (Wildman–Crippen MR) is 93.3 cm³/mol. The third-order valence-electron chi connectivity index (χ3n) is 4.17. The average Bonchev–Trinajstić information content (AvgIpc) is 2.99. The van der Waals surface area contributed by atoms with Crippen LogP contribution in [0.1, 0.15) is 50.5 Å². The van der Waals surface area contributed by atoms with Crippen LogP contribution < -0.4 is 11.1 Å². The molecule has 0 spiro atoms. The zero-order valence-corrected chi connectivity index (χ0v) is 14.2. The summed E-state index contributed by atoms with van der Waals surface area (Å²) in [6.07, 6.45) is 9.66. The van der Waals surface area contributed by atoms with E-state index < -0.39 is 0 Å². The summed E-state index contributed by atoms with van der Waals surface area (Å²) in [6, 6.07) is 8.17. The van der Waals surface area contributed by atoms with Crippen LogP contribution >= 0.6 is 15.9 Å². The Morgan fingerprint density at radius 1 is 1.19 bits per heavy atom. The Hall–Kier alpha value is -1.03. The summed E-state index contributed by atoms with van der Waals surface area (Å²) in [7, 11) is 0. The van der Waals surface area contributed by atoms with Gasteiger partial charge < -0.3 is 11.1 Å². The highest BCUT2D eigenvalue weighted by atomic mass is 79.9. The number of benzene rings is 1. The van der Waals surface area contributed by atoms with Crippen LogP contribution in [0, 0.1) is 5.92 Å². The quantitative estimate of drug-likeness (QED) is 0.439. The van der Waals surface area contributed by atoms with Gasteiger partial charge in [-0.25, -0.2) is 4.99 Å². The van der Waals surface area contributed by atoms with E-state index in [0.29, 0.717) is 12.5 Å². The number of halogens is 1. The monoisotopic (exact) mass is 351 g/mol. The summed E-state index contributed by atoms with van der Waals surface area (Å²) in [5.41, 5.74) is 7.06. The molecule has 0 unspecified atom stereocenters. The highest BCUT2D eigenvalue weighted by molar-refractivity contribution is 9.10. The van der Waals surface area contributed by atoms with Gasteiger partial charge in [0.1, 0.15) is 0 Å². The van der Waals surface area contributed by atoms with Gasteiger partial charge in [-0.15, -0.1) is 0 Å². The minimum atomic E-state index is 0.554. The molecular weight excluding hydrogens is 326 g/mol.